The second-order valence-corrected chi connectivity index (χ2v) is 10.1. The van der Waals surface area contributed by atoms with Gasteiger partial charge in [0.25, 0.3) is 0 Å². The standard InChI is InChI=1S/C35H25N5/c1-38-31-17-5-3-15-29(31)37-35(38)25-22-32(39-19-8-9-20-39)34-27-13-2-4-16-30(27)40(33(34)23-25)26-12-10-11-24(21-26)28-14-6-7-18-36-28/h2-23H,1H3. The fourth-order valence-electron chi connectivity index (χ4n) is 5.92. The van der Waals surface area contributed by atoms with E-state index in [1.165, 1.54) is 10.8 Å². The summed E-state index contributed by atoms with van der Waals surface area (Å²) >= 11 is 0. The Kier molecular flexibility index (Phi) is 4.97. The van der Waals surface area contributed by atoms with Gasteiger partial charge in [-0.2, -0.15) is 0 Å². The molecule has 0 radical (unpaired) electrons. The van der Waals surface area contributed by atoms with Crippen LogP contribution in [0.5, 0.6) is 0 Å². The Bertz CT molecular complexity index is 2170. The van der Waals surface area contributed by atoms with E-state index in [9.17, 15) is 0 Å². The smallest absolute Gasteiger partial charge is 0.141 e. The third-order valence-corrected chi connectivity index (χ3v) is 7.74. The van der Waals surface area contributed by atoms with Crippen LogP contribution in [0.1, 0.15) is 0 Å². The van der Waals surface area contributed by atoms with Gasteiger partial charge in [0.2, 0.25) is 0 Å². The lowest BCUT2D eigenvalue weighted by molar-refractivity contribution is 0.958. The lowest BCUT2D eigenvalue weighted by Crippen LogP contribution is -1.99. The quantitative estimate of drug-likeness (QED) is 0.237. The van der Waals surface area contributed by atoms with Gasteiger partial charge in [0.05, 0.1) is 33.4 Å². The molecule has 8 aromatic rings. The first-order valence-corrected chi connectivity index (χ1v) is 13.4. The van der Waals surface area contributed by atoms with E-state index in [1.54, 1.807) is 0 Å². The zero-order valence-corrected chi connectivity index (χ0v) is 21.9. The summed E-state index contributed by atoms with van der Waals surface area (Å²) in [7, 11) is 2.09. The molecule has 0 aliphatic heterocycles. The average Bonchev–Trinajstić information content (AvgIpc) is 3.74. The molecule has 0 amide bonds. The maximum absolute atomic E-state index is 5.06. The maximum Gasteiger partial charge on any atom is 0.141 e. The fourth-order valence-corrected chi connectivity index (χ4v) is 5.92. The van der Waals surface area contributed by atoms with Gasteiger partial charge in [0.15, 0.2) is 0 Å². The van der Waals surface area contributed by atoms with Crippen molar-refractivity contribution in [2.75, 3.05) is 0 Å². The van der Waals surface area contributed by atoms with E-state index in [2.05, 4.69) is 135 Å². The Balaban J connectivity index is 1.48. The van der Waals surface area contributed by atoms with Gasteiger partial charge in [-0.15, -0.1) is 0 Å². The van der Waals surface area contributed by atoms with Gasteiger partial charge in [0.1, 0.15) is 5.82 Å². The van der Waals surface area contributed by atoms with E-state index in [-0.39, 0.29) is 0 Å². The van der Waals surface area contributed by atoms with Crippen LogP contribution in [0.15, 0.2) is 134 Å². The SMILES string of the molecule is Cn1c(-c2cc(-n3cccc3)c3c4ccccc4n(-c4cccc(-c5ccccn5)c4)c3c2)nc2ccccc21. The Morgan fingerprint density at radius 1 is 0.625 bits per heavy atom. The lowest BCUT2D eigenvalue weighted by Gasteiger charge is -2.13. The number of nitrogens with zero attached hydrogens (tertiary/aromatic N) is 5. The first-order valence-electron chi connectivity index (χ1n) is 13.4. The molecule has 190 valence electrons. The number of hydrogen-bond donors (Lipinski definition) is 0. The molecule has 4 aromatic carbocycles. The van der Waals surface area contributed by atoms with Gasteiger partial charge in [-0.1, -0.05) is 48.5 Å². The second kappa shape index (κ2) is 8.82. The van der Waals surface area contributed by atoms with Crippen molar-refractivity contribution in [2.45, 2.75) is 0 Å². The van der Waals surface area contributed by atoms with Crippen LogP contribution in [0.4, 0.5) is 0 Å². The monoisotopic (exact) mass is 515 g/mol. The minimum atomic E-state index is 0.940. The second-order valence-electron chi connectivity index (χ2n) is 10.1. The summed E-state index contributed by atoms with van der Waals surface area (Å²) in [5, 5.41) is 2.42. The highest BCUT2D eigenvalue weighted by Gasteiger charge is 2.20. The number of imidazole rings is 1. The zero-order chi connectivity index (χ0) is 26.6. The predicted octanol–water partition coefficient (Wildman–Crippen LogP) is 8.19. The largest absolute Gasteiger partial charge is 0.327 e. The van der Waals surface area contributed by atoms with Crippen LogP contribution >= 0.6 is 0 Å². The van der Waals surface area contributed by atoms with Crippen LogP contribution in [0, 0.1) is 0 Å². The van der Waals surface area contributed by atoms with E-state index in [0.717, 1.165) is 56.1 Å². The van der Waals surface area contributed by atoms with Gasteiger partial charge >= 0.3 is 0 Å². The van der Waals surface area contributed by atoms with Crippen molar-refractivity contribution in [3.05, 3.63) is 134 Å². The van der Waals surface area contributed by atoms with Crippen LogP contribution in [0.2, 0.25) is 0 Å². The molecule has 40 heavy (non-hydrogen) atoms. The average molecular weight is 516 g/mol. The van der Waals surface area contributed by atoms with Crippen molar-refractivity contribution in [2.24, 2.45) is 7.05 Å². The van der Waals surface area contributed by atoms with Crippen LogP contribution in [0.25, 0.3) is 66.9 Å². The highest BCUT2D eigenvalue weighted by Crippen LogP contribution is 2.39. The number of aromatic nitrogens is 5. The number of benzene rings is 4. The summed E-state index contributed by atoms with van der Waals surface area (Å²) in [5.41, 5.74) is 9.73. The maximum atomic E-state index is 5.06. The summed E-state index contributed by atoms with van der Waals surface area (Å²) < 4.78 is 6.76. The van der Waals surface area contributed by atoms with Crippen LogP contribution in [-0.4, -0.2) is 23.7 Å². The number of fused-ring (bicyclic) bond motifs is 4. The molecule has 0 aliphatic rings. The Morgan fingerprint density at radius 2 is 1.43 bits per heavy atom. The molecular weight excluding hydrogens is 490 g/mol. The highest BCUT2D eigenvalue weighted by molar-refractivity contribution is 6.14. The molecule has 0 spiro atoms. The molecule has 0 saturated heterocycles. The molecule has 0 bridgehead atoms. The molecule has 8 rings (SSSR count). The molecule has 5 nitrogen and oxygen atoms in total. The topological polar surface area (TPSA) is 40.6 Å². The van der Waals surface area contributed by atoms with Gasteiger partial charge in [-0.25, -0.2) is 4.98 Å². The van der Waals surface area contributed by atoms with Crippen molar-refractivity contribution in [1.82, 2.24) is 23.7 Å². The van der Waals surface area contributed by atoms with Crippen molar-refractivity contribution < 1.29 is 0 Å². The predicted molar refractivity (Wildman–Crippen MR) is 163 cm³/mol. The van der Waals surface area contributed by atoms with Crippen LogP contribution < -0.4 is 0 Å². The van der Waals surface area contributed by atoms with Crippen molar-refractivity contribution in [1.29, 1.82) is 0 Å². The molecular formula is C35H25N5. The molecule has 0 aliphatic carbocycles. The molecule has 0 atom stereocenters. The summed E-state index contributed by atoms with van der Waals surface area (Å²) in [6.45, 7) is 0. The third-order valence-electron chi connectivity index (χ3n) is 7.74. The Hall–Kier alpha value is -5.42. The highest BCUT2D eigenvalue weighted by atomic mass is 15.1. The van der Waals surface area contributed by atoms with Crippen LogP contribution in [0.3, 0.4) is 0 Å². The van der Waals surface area contributed by atoms with Crippen molar-refractivity contribution in [3.8, 4) is 34.0 Å². The molecule has 0 unspecified atom stereocenters. The minimum absolute atomic E-state index is 0.940. The normalized spacial score (nSPS) is 11.6. The molecule has 4 aromatic heterocycles. The number of para-hydroxylation sites is 3. The fraction of sp³-hybridized carbons (Fsp3) is 0.0286. The van der Waals surface area contributed by atoms with E-state index in [0.29, 0.717) is 0 Å². The summed E-state index contributed by atoms with van der Waals surface area (Å²) in [4.78, 5) is 9.66. The number of rotatable bonds is 4. The molecule has 5 heteroatoms. The number of hydrogen-bond acceptors (Lipinski definition) is 2. The first-order chi connectivity index (χ1) is 19.8. The summed E-state index contributed by atoms with van der Waals surface area (Å²) in [6, 6.07) is 40.3. The Morgan fingerprint density at radius 3 is 2.25 bits per heavy atom. The molecule has 4 heterocycles. The minimum Gasteiger partial charge on any atom is -0.327 e. The van der Waals surface area contributed by atoms with E-state index in [4.69, 9.17) is 4.98 Å². The van der Waals surface area contributed by atoms with Crippen molar-refractivity contribution in [3.63, 3.8) is 0 Å². The molecule has 0 N–H and O–H groups in total. The van der Waals surface area contributed by atoms with Gasteiger partial charge in [0, 0.05) is 53.2 Å². The van der Waals surface area contributed by atoms with Gasteiger partial charge in [-0.05, 0) is 66.7 Å². The number of aryl methyl sites for hydroxylation is 1. The van der Waals surface area contributed by atoms with Gasteiger partial charge in [-0.3, -0.25) is 4.98 Å². The lowest BCUT2D eigenvalue weighted by atomic mass is 10.1. The van der Waals surface area contributed by atoms with Crippen LogP contribution in [-0.2, 0) is 7.05 Å². The molecule has 0 saturated carbocycles. The third kappa shape index (κ3) is 3.41. The summed E-state index contributed by atoms with van der Waals surface area (Å²) in [5.74, 6) is 0.940. The molecule has 0 fully saturated rings. The Labute approximate surface area is 231 Å². The van der Waals surface area contributed by atoms with Gasteiger partial charge < -0.3 is 13.7 Å². The van der Waals surface area contributed by atoms with E-state index < -0.39 is 0 Å². The first kappa shape index (κ1) is 22.6. The van der Waals surface area contributed by atoms with E-state index >= 15 is 0 Å². The zero-order valence-electron chi connectivity index (χ0n) is 21.9. The van der Waals surface area contributed by atoms with Crippen molar-refractivity contribution >= 4 is 32.8 Å². The number of pyridine rings is 1. The summed E-state index contributed by atoms with van der Waals surface area (Å²) in [6.07, 6.45) is 6.07. The van der Waals surface area contributed by atoms with E-state index in [1.807, 2.05) is 24.4 Å².